The zero-order chi connectivity index (χ0) is 10.4. The Morgan fingerprint density at radius 2 is 2.21 bits per heavy atom. The van der Waals surface area contributed by atoms with Gasteiger partial charge in [0.15, 0.2) is 0 Å². The molecule has 0 aliphatic heterocycles. The third-order valence-electron chi connectivity index (χ3n) is 2.82. The summed E-state index contributed by atoms with van der Waals surface area (Å²) in [4.78, 5) is 14.3. The van der Waals surface area contributed by atoms with Crippen LogP contribution in [0, 0.1) is 5.41 Å². The zero-order valence-electron chi connectivity index (χ0n) is 8.49. The molecule has 0 aromatic heterocycles. The van der Waals surface area contributed by atoms with Crippen molar-refractivity contribution in [2.24, 2.45) is 10.5 Å². The van der Waals surface area contributed by atoms with Crippen LogP contribution in [0.2, 0.25) is 0 Å². The summed E-state index contributed by atoms with van der Waals surface area (Å²) in [7, 11) is 0. The normalized spacial score (nSPS) is 18.6. The number of hydrogen-bond acceptors (Lipinski definition) is 2. The molecule has 78 valence electrons. The van der Waals surface area contributed by atoms with Gasteiger partial charge in [-0.1, -0.05) is 24.9 Å². The monoisotopic (exact) mass is 196 g/mol. The molecule has 5 nitrogen and oxygen atoms in total. The van der Waals surface area contributed by atoms with Crippen LogP contribution < -0.4 is 5.32 Å². The standard InChI is InChI=1S/C9H16N4O/c1-9(4-2-3-5-9)8(14)11-6-7-12-13-10/h2-7H2,1H3,(H,11,14). The van der Waals surface area contributed by atoms with Crippen LogP contribution in [0.25, 0.3) is 10.4 Å². The lowest BCUT2D eigenvalue weighted by atomic mass is 9.88. The Kier molecular flexibility index (Phi) is 3.77. The number of carbonyl (C=O) groups excluding carboxylic acids is 1. The highest BCUT2D eigenvalue weighted by molar-refractivity contribution is 5.82. The molecule has 1 aliphatic rings. The molecule has 0 saturated heterocycles. The van der Waals surface area contributed by atoms with Gasteiger partial charge in [0.2, 0.25) is 5.91 Å². The largest absolute Gasteiger partial charge is 0.355 e. The number of azide groups is 1. The van der Waals surface area contributed by atoms with E-state index in [2.05, 4.69) is 15.3 Å². The summed E-state index contributed by atoms with van der Waals surface area (Å²) in [6.07, 6.45) is 4.22. The fraction of sp³-hybridized carbons (Fsp3) is 0.889. The van der Waals surface area contributed by atoms with Crippen molar-refractivity contribution in [2.45, 2.75) is 32.6 Å². The molecule has 0 unspecified atom stereocenters. The zero-order valence-corrected chi connectivity index (χ0v) is 8.49. The van der Waals surface area contributed by atoms with Crippen molar-refractivity contribution in [1.29, 1.82) is 0 Å². The van der Waals surface area contributed by atoms with E-state index >= 15 is 0 Å². The molecule has 1 saturated carbocycles. The van der Waals surface area contributed by atoms with Gasteiger partial charge in [-0.3, -0.25) is 4.79 Å². The Morgan fingerprint density at radius 3 is 2.79 bits per heavy atom. The van der Waals surface area contributed by atoms with E-state index in [1.165, 1.54) is 0 Å². The maximum atomic E-state index is 11.7. The number of nitrogens with zero attached hydrogens (tertiary/aromatic N) is 3. The van der Waals surface area contributed by atoms with Gasteiger partial charge in [0, 0.05) is 23.4 Å². The van der Waals surface area contributed by atoms with Gasteiger partial charge in [0.05, 0.1) is 0 Å². The van der Waals surface area contributed by atoms with E-state index in [0.29, 0.717) is 13.1 Å². The summed E-state index contributed by atoms with van der Waals surface area (Å²) in [6.45, 7) is 2.78. The average Bonchev–Trinajstić information content (AvgIpc) is 2.61. The van der Waals surface area contributed by atoms with Crippen molar-refractivity contribution in [3.8, 4) is 0 Å². The SMILES string of the molecule is CC1(C(=O)NCCN=[N+]=[N-])CCCC1. The average molecular weight is 196 g/mol. The molecule has 0 aromatic rings. The lowest BCUT2D eigenvalue weighted by Crippen LogP contribution is -2.38. The Bertz CT molecular complexity index is 252. The highest BCUT2D eigenvalue weighted by Crippen LogP contribution is 2.37. The molecule has 14 heavy (non-hydrogen) atoms. The minimum absolute atomic E-state index is 0.100. The van der Waals surface area contributed by atoms with Gasteiger partial charge in [0.1, 0.15) is 0 Å². The number of amides is 1. The van der Waals surface area contributed by atoms with Crippen molar-refractivity contribution in [3.05, 3.63) is 10.4 Å². The lowest BCUT2D eigenvalue weighted by molar-refractivity contribution is -0.129. The second-order valence-corrected chi connectivity index (χ2v) is 3.98. The summed E-state index contributed by atoms with van der Waals surface area (Å²) < 4.78 is 0. The van der Waals surface area contributed by atoms with E-state index in [-0.39, 0.29) is 11.3 Å². The van der Waals surface area contributed by atoms with E-state index < -0.39 is 0 Å². The summed E-state index contributed by atoms with van der Waals surface area (Å²) >= 11 is 0. The molecule has 0 atom stereocenters. The van der Waals surface area contributed by atoms with Crippen molar-refractivity contribution in [3.63, 3.8) is 0 Å². The number of hydrogen-bond donors (Lipinski definition) is 1. The van der Waals surface area contributed by atoms with Gasteiger partial charge < -0.3 is 5.32 Å². The molecule has 1 N–H and O–H groups in total. The first-order valence-corrected chi connectivity index (χ1v) is 4.98. The van der Waals surface area contributed by atoms with E-state index in [0.717, 1.165) is 25.7 Å². The highest BCUT2D eigenvalue weighted by Gasteiger charge is 2.35. The van der Waals surface area contributed by atoms with Crippen molar-refractivity contribution in [1.82, 2.24) is 5.32 Å². The molecule has 5 heteroatoms. The predicted molar refractivity (Wildman–Crippen MR) is 53.6 cm³/mol. The van der Waals surface area contributed by atoms with Crippen LogP contribution in [0.3, 0.4) is 0 Å². The molecule has 0 aromatic carbocycles. The van der Waals surface area contributed by atoms with Crippen molar-refractivity contribution < 1.29 is 4.79 Å². The highest BCUT2D eigenvalue weighted by atomic mass is 16.2. The van der Waals surface area contributed by atoms with Gasteiger partial charge >= 0.3 is 0 Å². The lowest BCUT2D eigenvalue weighted by Gasteiger charge is -2.21. The first kappa shape index (κ1) is 10.9. The van der Waals surface area contributed by atoms with E-state index in [9.17, 15) is 4.79 Å². The minimum Gasteiger partial charge on any atom is -0.355 e. The maximum absolute atomic E-state index is 11.7. The van der Waals surface area contributed by atoms with Gasteiger partial charge in [-0.15, -0.1) is 0 Å². The molecule has 0 radical (unpaired) electrons. The third kappa shape index (κ3) is 2.64. The fourth-order valence-corrected chi connectivity index (χ4v) is 1.86. The van der Waals surface area contributed by atoms with E-state index in [4.69, 9.17) is 5.53 Å². The topological polar surface area (TPSA) is 77.9 Å². The van der Waals surface area contributed by atoms with Crippen LogP contribution in [0.5, 0.6) is 0 Å². The molecule has 1 amide bonds. The van der Waals surface area contributed by atoms with Crippen LogP contribution in [0.15, 0.2) is 5.11 Å². The Morgan fingerprint density at radius 1 is 1.57 bits per heavy atom. The number of carbonyl (C=O) groups is 1. The molecule has 1 aliphatic carbocycles. The molecule has 1 fully saturated rings. The summed E-state index contributed by atoms with van der Waals surface area (Å²) in [6, 6.07) is 0. The molecular formula is C9H16N4O. The Hall–Kier alpha value is -1.22. The molecule has 1 rings (SSSR count). The molecule has 0 bridgehead atoms. The minimum atomic E-state index is -0.184. The van der Waals surface area contributed by atoms with Gasteiger partial charge in [0.25, 0.3) is 0 Å². The van der Waals surface area contributed by atoms with Crippen molar-refractivity contribution in [2.75, 3.05) is 13.1 Å². The Balaban J connectivity index is 2.30. The predicted octanol–water partition coefficient (Wildman–Crippen LogP) is 1.99. The first-order valence-electron chi connectivity index (χ1n) is 4.98. The van der Waals surface area contributed by atoms with Gasteiger partial charge in [-0.25, -0.2) is 0 Å². The summed E-state index contributed by atoms with van der Waals surface area (Å²) in [5.41, 5.74) is 7.86. The third-order valence-corrected chi connectivity index (χ3v) is 2.82. The van der Waals surface area contributed by atoms with E-state index in [1.807, 2.05) is 6.92 Å². The molecular weight excluding hydrogens is 180 g/mol. The maximum Gasteiger partial charge on any atom is 0.225 e. The second kappa shape index (κ2) is 4.86. The number of nitrogens with one attached hydrogen (secondary N) is 1. The first-order chi connectivity index (χ1) is 6.69. The Labute approximate surface area is 83.5 Å². The van der Waals surface area contributed by atoms with Crippen LogP contribution in [0.4, 0.5) is 0 Å². The number of rotatable bonds is 4. The van der Waals surface area contributed by atoms with Gasteiger partial charge in [-0.05, 0) is 18.4 Å². The van der Waals surface area contributed by atoms with Crippen molar-refractivity contribution >= 4 is 5.91 Å². The fourth-order valence-electron chi connectivity index (χ4n) is 1.86. The van der Waals surface area contributed by atoms with E-state index in [1.54, 1.807) is 0 Å². The summed E-state index contributed by atoms with van der Waals surface area (Å²) in [5, 5.41) is 6.16. The summed E-state index contributed by atoms with van der Waals surface area (Å²) in [5.74, 6) is 0.100. The smallest absolute Gasteiger partial charge is 0.225 e. The van der Waals surface area contributed by atoms with Crippen LogP contribution >= 0.6 is 0 Å². The molecule has 0 spiro atoms. The quantitative estimate of drug-likeness (QED) is 0.317. The van der Waals surface area contributed by atoms with Crippen LogP contribution in [-0.4, -0.2) is 19.0 Å². The molecule has 0 heterocycles. The van der Waals surface area contributed by atoms with Crippen LogP contribution in [-0.2, 0) is 4.79 Å². The second-order valence-electron chi connectivity index (χ2n) is 3.98. The van der Waals surface area contributed by atoms with Gasteiger partial charge in [-0.2, -0.15) is 0 Å². The van der Waals surface area contributed by atoms with Crippen LogP contribution in [0.1, 0.15) is 32.6 Å².